The van der Waals surface area contributed by atoms with Crippen molar-refractivity contribution in [2.75, 3.05) is 13.7 Å². The lowest BCUT2D eigenvalue weighted by atomic mass is 10.2. The number of carbonyl (C=O) groups excluding carboxylic acids is 2. The smallest absolute Gasteiger partial charge is 0.343 e. The number of carbonyl (C=O) groups is 2. The number of rotatable bonds is 10. The maximum absolute atomic E-state index is 12.5. The van der Waals surface area contributed by atoms with E-state index in [-0.39, 0.29) is 17.1 Å². The zero-order valence-electron chi connectivity index (χ0n) is 19.0. The zero-order chi connectivity index (χ0) is 24.3. The van der Waals surface area contributed by atoms with Gasteiger partial charge in [-0.05, 0) is 66.6 Å². The van der Waals surface area contributed by atoms with Gasteiger partial charge in [-0.2, -0.15) is 5.10 Å². The van der Waals surface area contributed by atoms with Gasteiger partial charge in [0.05, 0.1) is 31.1 Å². The number of phenolic OH excluding ortho intramolecular Hbond substituents is 1. The lowest BCUT2D eigenvalue weighted by molar-refractivity contribution is 0.0729. The van der Waals surface area contributed by atoms with Crippen LogP contribution in [-0.2, 0) is 0 Å². The third-order valence-electron chi connectivity index (χ3n) is 4.78. The van der Waals surface area contributed by atoms with Crippen LogP contribution in [0.2, 0.25) is 0 Å². The van der Waals surface area contributed by atoms with Crippen molar-refractivity contribution in [3.63, 3.8) is 0 Å². The van der Waals surface area contributed by atoms with Gasteiger partial charge in [0, 0.05) is 0 Å². The molecule has 2 N–H and O–H groups in total. The molecule has 0 saturated heterocycles. The third kappa shape index (κ3) is 6.59. The third-order valence-corrected chi connectivity index (χ3v) is 4.78. The number of nitrogens with one attached hydrogen (secondary N) is 1. The SMILES string of the molecule is CCCCOc1ccc(C(=O)Oc2ccc(/C=N/NC(=O)c3ccccc3O)cc2OC)cc1. The minimum absolute atomic E-state index is 0.111. The van der Waals surface area contributed by atoms with E-state index in [1.165, 1.54) is 25.5 Å². The molecular formula is C26H26N2O6. The zero-order valence-corrected chi connectivity index (χ0v) is 19.0. The number of hydrogen-bond acceptors (Lipinski definition) is 7. The molecule has 3 aromatic carbocycles. The Bertz CT molecular complexity index is 1160. The van der Waals surface area contributed by atoms with E-state index in [1.807, 2.05) is 0 Å². The molecule has 0 aromatic heterocycles. The monoisotopic (exact) mass is 462 g/mol. The van der Waals surface area contributed by atoms with E-state index >= 15 is 0 Å². The lowest BCUT2D eigenvalue weighted by Crippen LogP contribution is -2.17. The fourth-order valence-electron chi connectivity index (χ4n) is 2.92. The van der Waals surface area contributed by atoms with Crippen molar-refractivity contribution < 1.29 is 28.9 Å². The van der Waals surface area contributed by atoms with Crippen LogP contribution in [0.5, 0.6) is 23.0 Å². The first-order valence-corrected chi connectivity index (χ1v) is 10.8. The van der Waals surface area contributed by atoms with Gasteiger partial charge in [-0.15, -0.1) is 0 Å². The highest BCUT2D eigenvalue weighted by Gasteiger charge is 2.13. The van der Waals surface area contributed by atoms with Crippen molar-refractivity contribution in [1.82, 2.24) is 5.43 Å². The van der Waals surface area contributed by atoms with Crippen LogP contribution >= 0.6 is 0 Å². The van der Waals surface area contributed by atoms with Gasteiger partial charge < -0.3 is 19.3 Å². The Labute approximate surface area is 197 Å². The molecule has 0 unspecified atom stereocenters. The normalized spacial score (nSPS) is 10.6. The van der Waals surface area contributed by atoms with Crippen LogP contribution in [0.25, 0.3) is 0 Å². The van der Waals surface area contributed by atoms with Crippen molar-refractivity contribution >= 4 is 18.1 Å². The molecule has 8 nitrogen and oxygen atoms in total. The minimum Gasteiger partial charge on any atom is -0.507 e. The highest BCUT2D eigenvalue weighted by Crippen LogP contribution is 2.28. The van der Waals surface area contributed by atoms with E-state index in [0.717, 1.165) is 12.8 Å². The fourth-order valence-corrected chi connectivity index (χ4v) is 2.92. The van der Waals surface area contributed by atoms with E-state index in [1.54, 1.807) is 54.6 Å². The largest absolute Gasteiger partial charge is 0.507 e. The second-order valence-electron chi connectivity index (χ2n) is 7.24. The van der Waals surface area contributed by atoms with Crippen LogP contribution < -0.4 is 19.6 Å². The van der Waals surface area contributed by atoms with E-state index in [4.69, 9.17) is 14.2 Å². The standard InChI is InChI=1S/C26H26N2O6/c1-3-4-15-33-20-12-10-19(11-13-20)26(31)34-23-14-9-18(16-24(23)32-2)17-27-28-25(30)21-7-5-6-8-22(21)29/h5-14,16-17,29H,3-4,15H2,1-2H3,(H,28,30)/b27-17+. The van der Waals surface area contributed by atoms with Crippen LogP contribution in [-0.4, -0.2) is 36.9 Å². The lowest BCUT2D eigenvalue weighted by Gasteiger charge is -2.10. The number of methoxy groups -OCH3 is 1. The van der Waals surface area contributed by atoms with Gasteiger partial charge in [0.1, 0.15) is 11.5 Å². The number of ether oxygens (including phenoxy) is 3. The molecule has 3 aromatic rings. The number of para-hydroxylation sites is 1. The maximum Gasteiger partial charge on any atom is 0.343 e. The molecule has 1 amide bonds. The molecule has 176 valence electrons. The first kappa shape index (κ1) is 24.3. The summed E-state index contributed by atoms with van der Waals surface area (Å²) in [5, 5.41) is 13.6. The van der Waals surface area contributed by atoms with Gasteiger partial charge in [-0.3, -0.25) is 4.79 Å². The summed E-state index contributed by atoms with van der Waals surface area (Å²) in [5.74, 6) is 0.0425. The molecule has 0 fully saturated rings. The maximum atomic E-state index is 12.5. The van der Waals surface area contributed by atoms with Crippen molar-refractivity contribution in [2.24, 2.45) is 5.10 Å². The molecule has 0 heterocycles. The molecule has 0 spiro atoms. The van der Waals surface area contributed by atoms with E-state index in [2.05, 4.69) is 17.5 Å². The van der Waals surface area contributed by atoms with Crippen molar-refractivity contribution in [3.05, 3.63) is 83.4 Å². The number of hydrogen-bond donors (Lipinski definition) is 2. The quantitative estimate of drug-likeness (QED) is 0.150. The first-order chi connectivity index (χ1) is 16.5. The van der Waals surface area contributed by atoms with Gasteiger partial charge in [0.2, 0.25) is 0 Å². The van der Waals surface area contributed by atoms with E-state index < -0.39 is 11.9 Å². The highest BCUT2D eigenvalue weighted by molar-refractivity contribution is 5.97. The molecular weight excluding hydrogens is 436 g/mol. The van der Waals surface area contributed by atoms with Crippen molar-refractivity contribution in [2.45, 2.75) is 19.8 Å². The predicted molar refractivity (Wildman–Crippen MR) is 128 cm³/mol. The number of phenols is 1. The summed E-state index contributed by atoms with van der Waals surface area (Å²) in [6.07, 6.45) is 3.42. The minimum atomic E-state index is -0.548. The summed E-state index contributed by atoms with van der Waals surface area (Å²) in [7, 11) is 1.45. The fraction of sp³-hybridized carbons (Fsp3) is 0.192. The number of unbranched alkanes of at least 4 members (excludes halogenated alkanes) is 1. The van der Waals surface area contributed by atoms with Crippen LogP contribution in [0.3, 0.4) is 0 Å². The molecule has 0 aliphatic rings. The Morgan fingerprint density at radius 1 is 1.03 bits per heavy atom. The summed E-state index contributed by atoms with van der Waals surface area (Å²) < 4.78 is 16.4. The molecule has 8 heteroatoms. The van der Waals surface area contributed by atoms with Crippen LogP contribution in [0, 0.1) is 0 Å². The Hall–Kier alpha value is -4.33. The summed E-state index contributed by atoms with van der Waals surface area (Å²) >= 11 is 0. The summed E-state index contributed by atoms with van der Waals surface area (Å²) in [5.41, 5.74) is 3.44. The van der Waals surface area contributed by atoms with Crippen molar-refractivity contribution in [3.8, 4) is 23.0 Å². The molecule has 34 heavy (non-hydrogen) atoms. The van der Waals surface area contributed by atoms with Gasteiger partial charge in [-0.1, -0.05) is 25.5 Å². The predicted octanol–water partition coefficient (Wildman–Crippen LogP) is 4.56. The number of esters is 1. The highest BCUT2D eigenvalue weighted by atomic mass is 16.6. The second kappa shape index (κ2) is 12.1. The molecule has 0 saturated carbocycles. The Morgan fingerprint density at radius 3 is 2.50 bits per heavy atom. The number of nitrogens with zero attached hydrogens (tertiary/aromatic N) is 1. The van der Waals surface area contributed by atoms with Crippen molar-refractivity contribution in [1.29, 1.82) is 0 Å². The first-order valence-electron chi connectivity index (χ1n) is 10.8. The molecule has 0 aliphatic carbocycles. The van der Waals surface area contributed by atoms with Gasteiger partial charge in [0.25, 0.3) is 5.91 Å². The van der Waals surface area contributed by atoms with Gasteiger partial charge in [-0.25, -0.2) is 10.2 Å². The topological polar surface area (TPSA) is 106 Å². The van der Waals surface area contributed by atoms with Crippen LogP contribution in [0.4, 0.5) is 0 Å². The van der Waals surface area contributed by atoms with Gasteiger partial charge >= 0.3 is 5.97 Å². The average Bonchev–Trinajstić information content (AvgIpc) is 2.85. The van der Waals surface area contributed by atoms with Crippen LogP contribution in [0.1, 0.15) is 46.0 Å². The summed E-state index contributed by atoms with van der Waals surface area (Å²) in [6, 6.07) is 17.7. The summed E-state index contributed by atoms with van der Waals surface area (Å²) in [4.78, 5) is 24.6. The molecule has 0 atom stereocenters. The van der Waals surface area contributed by atoms with E-state index in [9.17, 15) is 14.7 Å². The second-order valence-corrected chi connectivity index (χ2v) is 7.24. The van der Waals surface area contributed by atoms with Crippen LogP contribution in [0.15, 0.2) is 71.8 Å². The number of benzene rings is 3. The molecule has 0 aliphatic heterocycles. The molecule has 3 rings (SSSR count). The van der Waals surface area contributed by atoms with E-state index in [0.29, 0.717) is 29.2 Å². The number of amides is 1. The van der Waals surface area contributed by atoms with Gasteiger partial charge in [0.15, 0.2) is 11.5 Å². The number of hydrazone groups is 1. The number of aromatic hydroxyl groups is 1. The molecule has 0 radical (unpaired) electrons. The Kier molecular flexibility index (Phi) is 8.62. The Morgan fingerprint density at radius 2 is 1.79 bits per heavy atom. The Balaban J connectivity index is 1.62. The average molecular weight is 463 g/mol. The summed E-state index contributed by atoms with van der Waals surface area (Å²) in [6.45, 7) is 2.72. The molecule has 0 bridgehead atoms.